The van der Waals surface area contributed by atoms with Gasteiger partial charge in [0.15, 0.2) is 0 Å². The van der Waals surface area contributed by atoms with E-state index in [0.717, 1.165) is 51.3 Å². The van der Waals surface area contributed by atoms with Crippen LogP contribution in [0.15, 0.2) is 6.07 Å². The predicted octanol–water partition coefficient (Wildman–Crippen LogP) is 4.29. The number of aryl methyl sites for hydroxylation is 1. The Kier molecular flexibility index (Phi) is 7.09. The van der Waals surface area contributed by atoms with Crippen molar-refractivity contribution in [1.29, 1.82) is 0 Å². The molecule has 1 aromatic rings. The van der Waals surface area contributed by atoms with E-state index in [1.54, 1.807) is 0 Å². The molecule has 3 heterocycles. The molecular formula is C20H35N3O3. The molecule has 2 aliphatic rings. The Labute approximate surface area is 157 Å². The van der Waals surface area contributed by atoms with Crippen molar-refractivity contribution in [3.8, 4) is 0 Å². The summed E-state index contributed by atoms with van der Waals surface area (Å²) in [6, 6.07) is 2.56. The minimum absolute atomic E-state index is 0.199. The summed E-state index contributed by atoms with van der Waals surface area (Å²) in [4.78, 5) is 14.0. The molecule has 0 N–H and O–H groups in total. The molecule has 2 aliphatic heterocycles. The highest BCUT2D eigenvalue weighted by molar-refractivity contribution is 5.68. The van der Waals surface area contributed by atoms with Crippen LogP contribution in [0.3, 0.4) is 0 Å². The Balaban J connectivity index is 0.00000117. The lowest BCUT2D eigenvalue weighted by Gasteiger charge is -2.34. The first-order valence-electron chi connectivity index (χ1n) is 9.95. The third kappa shape index (κ3) is 5.22. The van der Waals surface area contributed by atoms with Crippen molar-refractivity contribution >= 4 is 6.09 Å². The fourth-order valence-corrected chi connectivity index (χ4v) is 3.53. The fraction of sp³-hybridized carbons (Fsp3) is 0.800. The predicted molar refractivity (Wildman–Crippen MR) is 103 cm³/mol. The van der Waals surface area contributed by atoms with Crippen LogP contribution in [0.25, 0.3) is 0 Å². The molecule has 26 heavy (non-hydrogen) atoms. The second-order valence-corrected chi connectivity index (χ2v) is 7.91. The van der Waals surface area contributed by atoms with Crippen molar-refractivity contribution in [3.05, 3.63) is 17.5 Å². The van der Waals surface area contributed by atoms with Gasteiger partial charge in [-0.25, -0.2) is 4.79 Å². The Morgan fingerprint density at radius 1 is 1.23 bits per heavy atom. The third-order valence-corrected chi connectivity index (χ3v) is 4.70. The Morgan fingerprint density at radius 2 is 1.88 bits per heavy atom. The van der Waals surface area contributed by atoms with E-state index in [9.17, 15) is 4.79 Å². The molecule has 6 nitrogen and oxygen atoms in total. The number of piperidine rings is 1. The van der Waals surface area contributed by atoms with Crippen LogP contribution in [-0.2, 0) is 9.47 Å². The molecular weight excluding hydrogens is 330 g/mol. The summed E-state index contributed by atoms with van der Waals surface area (Å²) in [6.07, 6.45) is 2.75. The number of amides is 1. The van der Waals surface area contributed by atoms with Crippen LogP contribution in [0.2, 0.25) is 0 Å². The average Bonchev–Trinajstić information content (AvgIpc) is 3.24. The van der Waals surface area contributed by atoms with Crippen LogP contribution in [0.5, 0.6) is 0 Å². The van der Waals surface area contributed by atoms with Crippen LogP contribution in [0.1, 0.15) is 77.2 Å². The summed E-state index contributed by atoms with van der Waals surface area (Å²) >= 11 is 0. The SMILES string of the molecule is CC.Cc1cc(C2CCN(C(=O)OC(C)(C)C)CC2)n(C2CCOC2)n1. The normalized spacial score (nSPS) is 21.3. The third-order valence-electron chi connectivity index (χ3n) is 4.70. The highest BCUT2D eigenvalue weighted by Gasteiger charge is 2.31. The number of hydrogen-bond acceptors (Lipinski definition) is 4. The van der Waals surface area contributed by atoms with E-state index in [-0.39, 0.29) is 6.09 Å². The van der Waals surface area contributed by atoms with Crippen molar-refractivity contribution in [3.63, 3.8) is 0 Å². The van der Waals surface area contributed by atoms with E-state index in [2.05, 4.69) is 10.7 Å². The largest absolute Gasteiger partial charge is 0.444 e. The Morgan fingerprint density at radius 3 is 2.42 bits per heavy atom. The molecule has 0 radical (unpaired) electrons. The Bertz CT molecular complexity index is 578. The Hall–Kier alpha value is -1.56. The zero-order chi connectivity index (χ0) is 19.3. The van der Waals surface area contributed by atoms with Gasteiger partial charge in [-0.1, -0.05) is 13.8 Å². The van der Waals surface area contributed by atoms with Crippen LogP contribution in [0, 0.1) is 6.92 Å². The molecule has 2 fully saturated rings. The number of carbonyl (C=O) groups excluding carboxylic acids is 1. The molecule has 0 aliphatic carbocycles. The van der Waals surface area contributed by atoms with E-state index in [1.165, 1.54) is 5.69 Å². The van der Waals surface area contributed by atoms with Crippen LogP contribution < -0.4 is 0 Å². The van der Waals surface area contributed by atoms with Gasteiger partial charge >= 0.3 is 6.09 Å². The number of likely N-dealkylation sites (tertiary alicyclic amines) is 1. The van der Waals surface area contributed by atoms with Crippen molar-refractivity contribution in [2.75, 3.05) is 26.3 Å². The topological polar surface area (TPSA) is 56.6 Å². The molecule has 3 rings (SSSR count). The molecule has 1 unspecified atom stereocenters. The van der Waals surface area contributed by atoms with Crippen LogP contribution in [-0.4, -0.2) is 52.7 Å². The quantitative estimate of drug-likeness (QED) is 0.784. The molecule has 1 amide bonds. The maximum Gasteiger partial charge on any atom is 0.410 e. The van der Waals surface area contributed by atoms with E-state index < -0.39 is 5.60 Å². The van der Waals surface area contributed by atoms with Gasteiger partial charge in [-0.2, -0.15) is 5.10 Å². The second-order valence-electron chi connectivity index (χ2n) is 7.91. The van der Waals surface area contributed by atoms with Gasteiger partial charge in [0.2, 0.25) is 0 Å². The first kappa shape index (κ1) is 20.7. The molecule has 1 atom stereocenters. The van der Waals surface area contributed by atoms with Gasteiger partial charge in [-0.05, 0) is 53.0 Å². The van der Waals surface area contributed by atoms with Crippen molar-refractivity contribution < 1.29 is 14.3 Å². The van der Waals surface area contributed by atoms with Gasteiger partial charge in [-0.15, -0.1) is 0 Å². The number of aromatic nitrogens is 2. The number of carbonyl (C=O) groups is 1. The average molecular weight is 366 g/mol. The van der Waals surface area contributed by atoms with Gasteiger partial charge in [0.1, 0.15) is 5.60 Å². The number of hydrogen-bond donors (Lipinski definition) is 0. The summed E-state index contributed by atoms with van der Waals surface area (Å²) < 4.78 is 13.2. The van der Waals surface area contributed by atoms with Gasteiger partial charge in [-0.3, -0.25) is 4.68 Å². The molecule has 1 aromatic heterocycles. The van der Waals surface area contributed by atoms with Crippen molar-refractivity contribution in [2.45, 2.75) is 78.4 Å². The maximum atomic E-state index is 12.2. The first-order valence-corrected chi connectivity index (χ1v) is 9.95. The van der Waals surface area contributed by atoms with Gasteiger partial charge in [0.25, 0.3) is 0 Å². The molecule has 0 bridgehead atoms. The van der Waals surface area contributed by atoms with Crippen LogP contribution >= 0.6 is 0 Å². The summed E-state index contributed by atoms with van der Waals surface area (Å²) in [5, 5.41) is 4.70. The fourth-order valence-electron chi connectivity index (χ4n) is 3.53. The van der Waals surface area contributed by atoms with E-state index in [0.29, 0.717) is 12.0 Å². The van der Waals surface area contributed by atoms with Crippen LogP contribution in [0.4, 0.5) is 4.79 Å². The maximum absolute atomic E-state index is 12.2. The van der Waals surface area contributed by atoms with Crippen molar-refractivity contribution in [2.24, 2.45) is 0 Å². The summed E-state index contributed by atoms with van der Waals surface area (Å²) in [7, 11) is 0. The zero-order valence-electron chi connectivity index (χ0n) is 17.2. The number of ether oxygens (including phenoxy) is 2. The first-order chi connectivity index (χ1) is 12.3. The van der Waals surface area contributed by atoms with Gasteiger partial charge in [0.05, 0.1) is 18.3 Å². The molecule has 0 saturated carbocycles. The minimum atomic E-state index is -0.438. The van der Waals surface area contributed by atoms with E-state index in [4.69, 9.17) is 14.6 Å². The summed E-state index contributed by atoms with van der Waals surface area (Å²) in [5.74, 6) is 0.450. The van der Waals surface area contributed by atoms with Gasteiger partial charge < -0.3 is 14.4 Å². The van der Waals surface area contributed by atoms with Crippen molar-refractivity contribution in [1.82, 2.24) is 14.7 Å². The standard InChI is InChI=1S/C18H29N3O3.C2H6/c1-13-11-16(21(19-13)15-7-10-23-12-15)14-5-8-20(9-6-14)17(22)24-18(2,3)4;1-2/h11,14-15H,5-10,12H2,1-4H3;1-2H3. The minimum Gasteiger partial charge on any atom is -0.444 e. The zero-order valence-corrected chi connectivity index (χ0v) is 17.2. The van der Waals surface area contributed by atoms with Gasteiger partial charge in [0, 0.05) is 31.3 Å². The lowest BCUT2D eigenvalue weighted by Crippen LogP contribution is -2.41. The highest BCUT2D eigenvalue weighted by Crippen LogP contribution is 2.32. The summed E-state index contributed by atoms with van der Waals surface area (Å²) in [5.41, 5.74) is 1.92. The smallest absolute Gasteiger partial charge is 0.410 e. The second kappa shape index (κ2) is 8.89. The lowest BCUT2D eigenvalue weighted by atomic mass is 9.93. The lowest BCUT2D eigenvalue weighted by molar-refractivity contribution is 0.0203. The molecule has 0 spiro atoms. The summed E-state index contributed by atoms with van der Waals surface area (Å²) in [6.45, 7) is 14.8. The molecule has 148 valence electrons. The monoisotopic (exact) mass is 365 g/mol. The highest BCUT2D eigenvalue weighted by atomic mass is 16.6. The molecule has 0 aromatic carbocycles. The number of nitrogens with zero attached hydrogens (tertiary/aromatic N) is 3. The van der Waals surface area contributed by atoms with E-state index >= 15 is 0 Å². The number of rotatable bonds is 2. The van der Waals surface area contributed by atoms with E-state index in [1.807, 2.05) is 46.4 Å². The molecule has 6 heteroatoms. The molecule has 2 saturated heterocycles.